The number of halogens is 3. The number of para-hydroxylation sites is 1. The fraction of sp³-hybridized carbons (Fsp3) is 0.0909. The van der Waals surface area contributed by atoms with Gasteiger partial charge < -0.3 is 5.73 Å². The molecule has 0 saturated heterocycles. The van der Waals surface area contributed by atoms with Crippen molar-refractivity contribution >= 4 is 26.7 Å². The minimum absolute atomic E-state index is 0.0309. The molecule has 0 aliphatic rings. The zero-order chi connectivity index (χ0) is 13.6. The van der Waals surface area contributed by atoms with Gasteiger partial charge in [-0.3, -0.25) is 0 Å². The molecule has 0 bridgehead atoms. The standard InChI is InChI=1S/C11H7F3N4S/c12-11(13,14)18-5-6(4-16-18)7-2-1-3-8-9(7)17-10(15)19-8/h1-5H,(H2,15,17). The number of nitrogens with two attached hydrogens (primary N) is 1. The summed E-state index contributed by atoms with van der Waals surface area (Å²) in [5.74, 6) is 0. The van der Waals surface area contributed by atoms with E-state index in [-0.39, 0.29) is 4.68 Å². The van der Waals surface area contributed by atoms with Crippen LogP contribution < -0.4 is 5.73 Å². The van der Waals surface area contributed by atoms with E-state index in [4.69, 9.17) is 5.73 Å². The Morgan fingerprint density at radius 3 is 2.74 bits per heavy atom. The molecule has 3 rings (SSSR count). The molecular formula is C11H7F3N4S. The highest BCUT2D eigenvalue weighted by atomic mass is 32.1. The zero-order valence-corrected chi connectivity index (χ0v) is 10.2. The van der Waals surface area contributed by atoms with Gasteiger partial charge in [-0.25, -0.2) is 4.98 Å². The molecule has 2 aromatic heterocycles. The van der Waals surface area contributed by atoms with Crippen LogP contribution >= 0.6 is 11.3 Å². The van der Waals surface area contributed by atoms with Crippen LogP contribution in [0.1, 0.15) is 0 Å². The molecule has 19 heavy (non-hydrogen) atoms. The summed E-state index contributed by atoms with van der Waals surface area (Å²) in [6, 6.07) is 5.26. The number of benzene rings is 1. The normalized spacial score (nSPS) is 12.2. The van der Waals surface area contributed by atoms with Crippen molar-refractivity contribution in [3.8, 4) is 11.1 Å². The van der Waals surface area contributed by atoms with Crippen molar-refractivity contribution in [2.45, 2.75) is 6.30 Å². The van der Waals surface area contributed by atoms with Crippen LogP contribution in [0, 0.1) is 0 Å². The van der Waals surface area contributed by atoms with Crippen molar-refractivity contribution in [1.29, 1.82) is 0 Å². The average Bonchev–Trinajstić information content (AvgIpc) is 2.91. The topological polar surface area (TPSA) is 56.7 Å². The van der Waals surface area contributed by atoms with Gasteiger partial charge >= 0.3 is 6.30 Å². The lowest BCUT2D eigenvalue weighted by atomic mass is 10.1. The van der Waals surface area contributed by atoms with Crippen LogP contribution in [0.15, 0.2) is 30.6 Å². The van der Waals surface area contributed by atoms with Crippen molar-refractivity contribution in [3.05, 3.63) is 30.6 Å². The van der Waals surface area contributed by atoms with Gasteiger partial charge in [0.05, 0.1) is 16.4 Å². The second-order valence-electron chi connectivity index (χ2n) is 3.85. The van der Waals surface area contributed by atoms with Gasteiger partial charge in [0.2, 0.25) is 0 Å². The summed E-state index contributed by atoms with van der Waals surface area (Å²) in [7, 11) is 0. The van der Waals surface area contributed by atoms with Crippen molar-refractivity contribution < 1.29 is 13.2 Å². The van der Waals surface area contributed by atoms with E-state index in [1.165, 1.54) is 11.3 Å². The van der Waals surface area contributed by atoms with E-state index in [1.54, 1.807) is 12.1 Å². The monoisotopic (exact) mass is 284 g/mol. The summed E-state index contributed by atoms with van der Waals surface area (Å²) in [5.41, 5.74) is 7.15. The Morgan fingerprint density at radius 1 is 1.26 bits per heavy atom. The van der Waals surface area contributed by atoms with Crippen LogP contribution in [0.25, 0.3) is 21.3 Å². The molecule has 0 fully saturated rings. The van der Waals surface area contributed by atoms with Gasteiger partial charge in [-0.05, 0) is 6.07 Å². The third kappa shape index (κ3) is 2.03. The van der Waals surface area contributed by atoms with Gasteiger partial charge in [-0.1, -0.05) is 23.5 Å². The number of nitrogens with zero attached hydrogens (tertiary/aromatic N) is 3. The lowest BCUT2D eigenvalue weighted by Gasteiger charge is -2.04. The van der Waals surface area contributed by atoms with Gasteiger partial charge in [-0.2, -0.15) is 9.78 Å². The summed E-state index contributed by atoms with van der Waals surface area (Å²) < 4.78 is 38.3. The maximum atomic E-state index is 12.5. The molecular weight excluding hydrogens is 277 g/mol. The molecule has 8 heteroatoms. The number of hydrogen-bond donors (Lipinski definition) is 1. The average molecular weight is 284 g/mol. The minimum Gasteiger partial charge on any atom is -0.375 e. The Balaban J connectivity index is 2.16. The molecule has 98 valence electrons. The molecule has 0 spiro atoms. The Morgan fingerprint density at radius 2 is 2.05 bits per heavy atom. The van der Waals surface area contributed by atoms with Crippen LogP contribution in [-0.4, -0.2) is 14.8 Å². The number of alkyl halides is 3. The lowest BCUT2D eigenvalue weighted by Crippen LogP contribution is -2.16. The largest absolute Gasteiger partial charge is 0.504 e. The van der Waals surface area contributed by atoms with E-state index in [2.05, 4.69) is 10.1 Å². The Hall–Kier alpha value is -2.09. The zero-order valence-electron chi connectivity index (χ0n) is 9.35. The molecule has 1 aromatic carbocycles. The van der Waals surface area contributed by atoms with E-state index in [9.17, 15) is 13.2 Å². The second-order valence-corrected chi connectivity index (χ2v) is 4.91. The first-order chi connectivity index (χ1) is 8.95. The molecule has 0 atom stereocenters. The van der Waals surface area contributed by atoms with E-state index >= 15 is 0 Å². The number of thiazole rings is 1. The highest BCUT2D eigenvalue weighted by molar-refractivity contribution is 7.22. The molecule has 2 heterocycles. The van der Waals surface area contributed by atoms with Crippen LogP contribution in [0.4, 0.5) is 18.3 Å². The SMILES string of the molecule is Nc1nc2c(-c3cnn(C(F)(F)F)c3)cccc2s1. The summed E-state index contributed by atoms with van der Waals surface area (Å²) in [5, 5.41) is 3.69. The second kappa shape index (κ2) is 3.95. The highest BCUT2D eigenvalue weighted by Crippen LogP contribution is 2.33. The third-order valence-corrected chi connectivity index (χ3v) is 3.44. The Kier molecular flexibility index (Phi) is 2.49. The van der Waals surface area contributed by atoms with E-state index in [1.807, 2.05) is 6.07 Å². The predicted octanol–water partition coefficient (Wildman–Crippen LogP) is 3.22. The smallest absolute Gasteiger partial charge is 0.375 e. The number of aromatic nitrogens is 3. The van der Waals surface area contributed by atoms with Gasteiger partial charge in [0.15, 0.2) is 5.13 Å². The van der Waals surface area contributed by atoms with Crippen LogP contribution in [0.2, 0.25) is 0 Å². The quantitative estimate of drug-likeness (QED) is 0.746. The van der Waals surface area contributed by atoms with Crippen LogP contribution in [0.5, 0.6) is 0 Å². The predicted molar refractivity (Wildman–Crippen MR) is 66.6 cm³/mol. The number of rotatable bonds is 1. The first-order valence-corrected chi connectivity index (χ1v) is 6.04. The number of anilines is 1. The fourth-order valence-corrected chi connectivity index (χ4v) is 2.56. The van der Waals surface area contributed by atoms with Crippen molar-refractivity contribution in [3.63, 3.8) is 0 Å². The summed E-state index contributed by atoms with van der Waals surface area (Å²) >= 11 is 1.29. The first kappa shape index (κ1) is 12.0. The molecule has 0 amide bonds. The molecule has 0 aliphatic carbocycles. The van der Waals surface area contributed by atoms with E-state index < -0.39 is 6.30 Å². The molecule has 3 aromatic rings. The number of fused-ring (bicyclic) bond motifs is 1. The molecule has 0 radical (unpaired) electrons. The fourth-order valence-electron chi connectivity index (χ4n) is 1.80. The Labute approximate surface area is 109 Å². The van der Waals surface area contributed by atoms with Crippen molar-refractivity contribution in [1.82, 2.24) is 14.8 Å². The lowest BCUT2D eigenvalue weighted by molar-refractivity contribution is -0.212. The van der Waals surface area contributed by atoms with Crippen LogP contribution in [0.3, 0.4) is 0 Å². The maximum Gasteiger partial charge on any atom is 0.504 e. The highest BCUT2D eigenvalue weighted by Gasteiger charge is 2.31. The summed E-state index contributed by atoms with van der Waals surface area (Å²) in [4.78, 5) is 4.14. The van der Waals surface area contributed by atoms with Gasteiger partial charge in [0.1, 0.15) is 0 Å². The molecule has 4 nitrogen and oxygen atoms in total. The molecule has 2 N–H and O–H groups in total. The first-order valence-electron chi connectivity index (χ1n) is 5.22. The minimum atomic E-state index is -4.52. The summed E-state index contributed by atoms with van der Waals surface area (Å²) in [6.45, 7) is 0. The van der Waals surface area contributed by atoms with Crippen molar-refractivity contribution in [2.75, 3.05) is 5.73 Å². The van der Waals surface area contributed by atoms with Gasteiger partial charge in [0, 0.05) is 17.3 Å². The van der Waals surface area contributed by atoms with Crippen LogP contribution in [-0.2, 0) is 6.30 Å². The van der Waals surface area contributed by atoms with Gasteiger partial charge in [0.25, 0.3) is 0 Å². The maximum absolute atomic E-state index is 12.5. The molecule has 0 unspecified atom stereocenters. The summed E-state index contributed by atoms with van der Waals surface area (Å²) in [6.07, 6.45) is -2.42. The Bertz CT molecular complexity index is 744. The third-order valence-electron chi connectivity index (χ3n) is 2.59. The van der Waals surface area contributed by atoms with E-state index in [0.717, 1.165) is 17.1 Å². The van der Waals surface area contributed by atoms with Gasteiger partial charge in [-0.15, -0.1) is 13.2 Å². The van der Waals surface area contributed by atoms with Crippen molar-refractivity contribution in [2.24, 2.45) is 0 Å². The van der Waals surface area contributed by atoms with E-state index in [0.29, 0.717) is 21.8 Å². The molecule has 0 saturated carbocycles. The number of nitrogen functional groups attached to an aromatic ring is 1. The number of hydrogen-bond acceptors (Lipinski definition) is 4. The molecule has 0 aliphatic heterocycles.